The molecule has 2 saturated heterocycles. The lowest BCUT2D eigenvalue weighted by Gasteiger charge is -2.32. The number of aldehydes is 1. The molecule has 0 atom stereocenters. The van der Waals surface area contributed by atoms with Gasteiger partial charge in [-0.3, -0.25) is 9.69 Å². The second kappa shape index (κ2) is 9.67. The van der Waals surface area contributed by atoms with Crippen LogP contribution in [-0.4, -0.2) is 92.6 Å². The van der Waals surface area contributed by atoms with Gasteiger partial charge in [0.05, 0.1) is 24.9 Å². The summed E-state index contributed by atoms with van der Waals surface area (Å²) < 4.78 is 30.7. The molecule has 0 aliphatic carbocycles. The molecule has 34 heavy (non-hydrogen) atoms. The predicted octanol–water partition coefficient (Wildman–Crippen LogP) is 2.08. The van der Waals surface area contributed by atoms with Crippen LogP contribution in [0, 0.1) is 0 Å². The molecule has 2 aliphatic rings. The minimum atomic E-state index is -3.14. The summed E-state index contributed by atoms with van der Waals surface area (Å²) in [5, 5.41) is 1.02. The van der Waals surface area contributed by atoms with E-state index >= 15 is 0 Å². The maximum absolute atomic E-state index is 11.8. The molecule has 9 nitrogen and oxygen atoms in total. The van der Waals surface area contributed by atoms with Crippen LogP contribution < -0.4 is 4.90 Å². The number of thiophene rings is 1. The van der Waals surface area contributed by atoms with Gasteiger partial charge in [0.1, 0.15) is 16.9 Å². The van der Waals surface area contributed by atoms with E-state index in [0.717, 1.165) is 47.5 Å². The highest BCUT2D eigenvalue weighted by atomic mass is 32.2. The second-order valence-electron chi connectivity index (χ2n) is 8.58. The largest absolute Gasteiger partial charge is 0.378 e. The molecule has 0 radical (unpaired) electrons. The smallest absolute Gasteiger partial charge is 0.211 e. The number of fused-ring (bicyclic) bond motifs is 1. The summed E-state index contributed by atoms with van der Waals surface area (Å²) in [5.74, 6) is 1.50. The maximum atomic E-state index is 11.8. The van der Waals surface area contributed by atoms with E-state index in [-0.39, 0.29) is 0 Å². The van der Waals surface area contributed by atoms with Crippen LogP contribution in [0.1, 0.15) is 15.2 Å². The number of rotatable bonds is 6. The minimum Gasteiger partial charge on any atom is -0.378 e. The number of hydrogen-bond donors (Lipinski definition) is 0. The van der Waals surface area contributed by atoms with Gasteiger partial charge in [-0.05, 0) is 12.1 Å². The first-order chi connectivity index (χ1) is 16.4. The summed E-state index contributed by atoms with van der Waals surface area (Å²) in [4.78, 5) is 27.7. The van der Waals surface area contributed by atoms with Gasteiger partial charge in [0.15, 0.2) is 5.82 Å². The number of sulfonamides is 1. The number of morpholine rings is 1. The molecule has 0 bridgehead atoms. The zero-order chi connectivity index (χ0) is 23.7. The number of nitrogens with zero attached hydrogens (tertiary/aromatic N) is 5. The third-order valence-corrected chi connectivity index (χ3v) is 8.51. The van der Waals surface area contributed by atoms with Crippen molar-refractivity contribution >= 4 is 43.7 Å². The van der Waals surface area contributed by atoms with Crippen molar-refractivity contribution in [2.24, 2.45) is 0 Å². The van der Waals surface area contributed by atoms with E-state index < -0.39 is 10.0 Å². The molecular formula is C23H27N5O4S2. The van der Waals surface area contributed by atoms with E-state index in [1.807, 2.05) is 18.2 Å². The highest BCUT2D eigenvalue weighted by molar-refractivity contribution is 7.88. The molecule has 0 unspecified atom stereocenters. The van der Waals surface area contributed by atoms with Crippen LogP contribution in [0.4, 0.5) is 5.82 Å². The number of aromatic nitrogens is 2. The maximum Gasteiger partial charge on any atom is 0.211 e. The summed E-state index contributed by atoms with van der Waals surface area (Å²) in [6.45, 7) is 6.01. The Kier molecular flexibility index (Phi) is 6.63. The Morgan fingerprint density at radius 3 is 2.53 bits per heavy atom. The van der Waals surface area contributed by atoms with E-state index in [1.54, 1.807) is 17.4 Å². The average Bonchev–Trinajstić information content (AvgIpc) is 3.26. The fourth-order valence-electron chi connectivity index (χ4n) is 4.37. The molecule has 0 amide bonds. The van der Waals surface area contributed by atoms with Gasteiger partial charge in [0.2, 0.25) is 10.0 Å². The van der Waals surface area contributed by atoms with Crippen LogP contribution in [0.2, 0.25) is 0 Å². The van der Waals surface area contributed by atoms with E-state index in [1.165, 1.54) is 15.4 Å². The normalized spacial score (nSPS) is 18.4. The summed E-state index contributed by atoms with van der Waals surface area (Å²) in [5.41, 5.74) is 1.40. The van der Waals surface area contributed by atoms with Crippen molar-refractivity contribution in [1.82, 2.24) is 19.2 Å². The number of carbonyl (C=O) groups excluding carboxylic acids is 1. The number of ether oxygens (including phenoxy) is 1. The van der Waals surface area contributed by atoms with E-state index in [4.69, 9.17) is 14.7 Å². The standard InChI is InChI=1S/C23H27N5O4S2/c1-34(30,31)28-7-5-26(6-8-28)15-19-14-20-22(27-9-11-32-12-10-27)24-21(25-23(20)33-19)18-4-2-3-17(13-18)16-29/h2-4,13-14,16H,5-12,15H2,1H3. The molecular weight excluding hydrogens is 474 g/mol. The lowest BCUT2D eigenvalue weighted by Crippen LogP contribution is -2.47. The zero-order valence-electron chi connectivity index (χ0n) is 19.0. The Hall–Kier alpha value is -2.44. The lowest BCUT2D eigenvalue weighted by molar-refractivity contribution is 0.112. The predicted molar refractivity (Wildman–Crippen MR) is 133 cm³/mol. The van der Waals surface area contributed by atoms with Crippen LogP contribution in [-0.2, 0) is 21.3 Å². The number of benzene rings is 1. The third-order valence-electron chi connectivity index (χ3n) is 6.19. The second-order valence-corrected chi connectivity index (χ2v) is 11.7. The molecule has 2 aliphatic heterocycles. The van der Waals surface area contributed by atoms with Crippen molar-refractivity contribution in [2.75, 3.05) is 63.6 Å². The van der Waals surface area contributed by atoms with Crippen molar-refractivity contribution in [3.63, 3.8) is 0 Å². The summed E-state index contributed by atoms with van der Waals surface area (Å²) in [6.07, 6.45) is 2.10. The molecule has 0 N–H and O–H groups in total. The third kappa shape index (κ3) is 4.98. The van der Waals surface area contributed by atoms with Crippen molar-refractivity contribution in [1.29, 1.82) is 0 Å². The minimum absolute atomic E-state index is 0.514. The van der Waals surface area contributed by atoms with Crippen molar-refractivity contribution in [3.8, 4) is 11.4 Å². The van der Waals surface area contributed by atoms with Crippen molar-refractivity contribution < 1.29 is 17.9 Å². The van der Waals surface area contributed by atoms with Crippen LogP contribution in [0.5, 0.6) is 0 Å². The Labute approximate surface area is 203 Å². The molecule has 3 aromatic rings. The fraction of sp³-hybridized carbons (Fsp3) is 0.435. The van der Waals surface area contributed by atoms with Crippen molar-refractivity contribution in [2.45, 2.75) is 6.54 Å². The SMILES string of the molecule is CS(=O)(=O)N1CCN(Cc2cc3c(N4CCOCC4)nc(-c4cccc(C=O)c4)nc3s2)CC1. The van der Waals surface area contributed by atoms with E-state index in [9.17, 15) is 13.2 Å². The summed E-state index contributed by atoms with van der Waals surface area (Å²) in [7, 11) is -3.14. The fourth-order valence-corrected chi connectivity index (χ4v) is 6.26. The molecule has 4 heterocycles. The lowest BCUT2D eigenvalue weighted by atomic mass is 10.1. The topological polar surface area (TPSA) is 95.9 Å². The van der Waals surface area contributed by atoms with E-state index in [0.29, 0.717) is 50.8 Å². The quantitative estimate of drug-likeness (QED) is 0.474. The van der Waals surface area contributed by atoms with Gasteiger partial charge in [0, 0.05) is 61.8 Å². The summed E-state index contributed by atoms with van der Waals surface area (Å²) >= 11 is 1.64. The molecule has 0 spiro atoms. The molecule has 0 saturated carbocycles. The van der Waals surface area contributed by atoms with Crippen LogP contribution >= 0.6 is 11.3 Å². The Balaban J connectivity index is 1.46. The van der Waals surface area contributed by atoms with Gasteiger partial charge in [0.25, 0.3) is 0 Å². The van der Waals surface area contributed by atoms with E-state index in [2.05, 4.69) is 15.9 Å². The molecule has 2 aromatic heterocycles. The van der Waals surface area contributed by atoms with Gasteiger partial charge in [-0.1, -0.05) is 18.2 Å². The zero-order valence-corrected chi connectivity index (χ0v) is 20.6. The van der Waals surface area contributed by atoms with Gasteiger partial charge >= 0.3 is 0 Å². The first-order valence-corrected chi connectivity index (χ1v) is 13.9. The van der Waals surface area contributed by atoms with Gasteiger partial charge in [-0.2, -0.15) is 4.31 Å². The van der Waals surface area contributed by atoms with Gasteiger partial charge in [-0.15, -0.1) is 11.3 Å². The van der Waals surface area contributed by atoms with Gasteiger partial charge < -0.3 is 9.64 Å². The number of anilines is 1. The molecule has 5 rings (SSSR count). The monoisotopic (exact) mass is 501 g/mol. The summed E-state index contributed by atoms with van der Waals surface area (Å²) in [6, 6.07) is 9.52. The highest BCUT2D eigenvalue weighted by Crippen LogP contribution is 2.34. The van der Waals surface area contributed by atoms with Crippen molar-refractivity contribution in [3.05, 3.63) is 40.8 Å². The number of hydrogen-bond acceptors (Lipinski definition) is 9. The van der Waals surface area contributed by atoms with Gasteiger partial charge in [-0.25, -0.2) is 18.4 Å². The molecule has 2 fully saturated rings. The van der Waals surface area contributed by atoms with Crippen LogP contribution in [0.15, 0.2) is 30.3 Å². The first kappa shape index (κ1) is 23.3. The number of piperazine rings is 1. The first-order valence-electron chi connectivity index (χ1n) is 11.3. The van der Waals surface area contributed by atoms with Crippen LogP contribution in [0.25, 0.3) is 21.6 Å². The molecule has 11 heteroatoms. The Morgan fingerprint density at radius 2 is 1.82 bits per heavy atom. The number of carbonyl (C=O) groups is 1. The highest BCUT2D eigenvalue weighted by Gasteiger charge is 2.25. The Bertz CT molecular complexity index is 1300. The molecule has 1 aromatic carbocycles. The Morgan fingerprint density at radius 1 is 1.06 bits per heavy atom. The average molecular weight is 502 g/mol. The molecule has 180 valence electrons. The van der Waals surface area contributed by atoms with Crippen LogP contribution in [0.3, 0.4) is 0 Å².